The highest BCUT2D eigenvalue weighted by Gasteiger charge is 2.21. The second-order valence-electron chi connectivity index (χ2n) is 6.35. The summed E-state index contributed by atoms with van der Waals surface area (Å²) < 4.78 is 0. The molecule has 1 aromatic rings. The molecule has 0 aromatic carbocycles. The molecule has 1 aliphatic carbocycles. The minimum absolute atomic E-state index is 0.474. The van der Waals surface area contributed by atoms with Crippen molar-refractivity contribution in [1.29, 1.82) is 0 Å². The highest BCUT2D eigenvalue weighted by molar-refractivity contribution is 7.11. The van der Waals surface area contributed by atoms with Crippen LogP contribution in [0.5, 0.6) is 0 Å². The number of hydrogen-bond acceptors (Lipinski definition) is 3. The Morgan fingerprint density at radius 3 is 2.65 bits per heavy atom. The first kappa shape index (κ1) is 16.0. The van der Waals surface area contributed by atoms with Crippen molar-refractivity contribution in [1.82, 2.24) is 10.3 Å². The second kappa shape index (κ2) is 8.14. The summed E-state index contributed by atoms with van der Waals surface area (Å²) in [4.78, 5) is 6.52. The minimum atomic E-state index is 0.474. The van der Waals surface area contributed by atoms with Gasteiger partial charge in [0.15, 0.2) is 0 Å². The first-order valence-electron chi connectivity index (χ1n) is 8.45. The Balaban J connectivity index is 1.99. The van der Waals surface area contributed by atoms with Crippen LogP contribution in [0.25, 0.3) is 0 Å². The van der Waals surface area contributed by atoms with Gasteiger partial charge >= 0.3 is 0 Å². The number of rotatable bonds is 8. The number of aromatic nitrogens is 1. The van der Waals surface area contributed by atoms with E-state index in [1.54, 1.807) is 4.88 Å². The zero-order chi connectivity index (χ0) is 14.4. The van der Waals surface area contributed by atoms with Gasteiger partial charge in [-0.1, -0.05) is 46.5 Å². The Bertz CT molecular complexity index is 374. The molecular formula is C17H30N2S. The van der Waals surface area contributed by atoms with Gasteiger partial charge in [-0.05, 0) is 32.1 Å². The van der Waals surface area contributed by atoms with Crippen molar-refractivity contribution in [3.05, 3.63) is 15.6 Å². The van der Waals surface area contributed by atoms with E-state index in [-0.39, 0.29) is 0 Å². The molecule has 3 heteroatoms. The lowest BCUT2D eigenvalue weighted by Crippen LogP contribution is -2.28. The molecule has 0 saturated carbocycles. The standard InChI is InChI=1S/C17H30N2S/c1-4-5-6-7-11-15(18-13(2)3)17-19-14-10-8-9-12-16(14)20-17/h13,15,18H,4-12H2,1-3H3. The maximum Gasteiger partial charge on any atom is 0.110 e. The maximum absolute atomic E-state index is 4.96. The van der Waals surface area contributed by atoms with Gasteiger partial charge in [-0.2, -0.15) is 0 Å². The van der Waals surface area contributed by atoms with Gasteiger partial charge in [0.2, 0.25) is 0 Å². The monoisotopic (exact) mass is 294 g/mol. The van der Waals surface area contributed by atoms with Crippen molar-refractivity contribution in [2.24, 2.45) is 0 Å². The molecule has 114 valence electrons. The summed E-state index contributed by atoms with van der Waals surface area (Å²) in [6.07, 6.45) is 11.7. The summed E-state index contributed by atoms with van der Waals surface area (Å²) in [5.41, 5.74) is 1.40. The van der Waals surface area contributed by atoms with Crippen LogP contribution in [-0.4, -0.2) is 11.0 Å². The van der Waals surface area contributed by atoms with Crippen LogP contribution >= 0.6 is 11.3 Å². The van der Waals surface area contributed by atoms with Crippen molar-refractivity contribution >= 4 is 11.3 Å². The van der Waals surface area contributed by atoms with Gasteiger partial charge in [0, 0.05) is 10.9 Å². The van der Waals surface area contributed by atoms with Crippen LogP contribution in [-0.2, 0) is 12.8 Å². The van der Waals surface area contributed by atoms with Gasteiger partial charge < -0.3 is 5.32 Å². The Morgan fingerprint density at radius 2 is 1.95 bits per heavy atom. The smallest absolute Gasteiger partial charge is 0.110 e. The van der Waals surface area contributed by atoms with Crippen LogP contribution in [0.2, 0.25) is 0 Å². The average Bonchev–Trinajstić information content (AvgIpc) is 2.85. The van der Waals surface area contributed by atoms with Gasteiger partial charge in [0.25, 0.3) is 0 Å². The normalized spacial score (nSPS) is 16.4. The molecule has 0 spiro atoms. The number of aryl methyl sites for hydroxylation is 2. The van der Waals surface area contributed by atoms with Gasteiger partial charge in [-0.25, -0.2) is 4.98 Å². The molecule has 0 radical (unpaired) electrons. The molecule has 2 rings (SSSR count). The quantitative estimate of drug-likeness (QED) is 0.680. The van der Waals surface area contributed by atoms with Crippen LogP contribution in [0.15, 0.2) is 0 Å². The highest BCUT2D eigenvalue weighted by Crippen LogP contribution is 2.32. The first-order valence-corrected chi connectivity index (χ1v) is 9.27. The topological polar surface area (TPSA) is 24.9 Å². The fourth-order valence-electron chi connectivity index (χ4n) is 2.98. The highest BCUT2D eigenvalue weighted by atomic mass is 32.1. The zero-order valence-electron chi connectivity index (χ0n) is 13.4. The zero-order valence-corrected chi connectivity index (χ0v) is 14.2. The Labute approximate surface area is 128 Å². The fraction of sp³-hybridized carbons (Fsp3) is 0.824. The number of fused-ring (bicyclic) bond motifs is 1. The number of nitrogens with zero attached hydrogens (tertiary/aromatic N) is 1. The van der Waals surface area contributed by atoms with Crippen molar-refractivity contribution in [3.8, 4) is 0 Å². The third-order valence-electron chi connectivity index (χ3n) is 4.04. The number of nitrogens with one attached hydrogen (secondary N) is 1. The van der Waals surface area contributed by atoms with Gasteiger partial charge in [0.1, 0.15) is 5.01 Å². The lowest BCUT2D eigenvalue weighted by Gasteiger charge is -2.19. The summed E-state index contributed by atoms with van der Waals surface area (Å²) in [5.74, 6) is 0. The molecule has 20 heavy (non-hydrogen) atoms. The van der Waals surface area contributed by atoms with Crippen LogP contribution in [0.1, 0.15) is 87.3 Å². The molecule has 1 atom stereocenters. The van der Waals surface area contributed by atoms with E-state index >= 15 is 0 Å². The molecule has 1 unspecified atom stereocenters. The van der Waals surface area contributed by atoms with E-state index in [2.05, 4.69) is 26.1 Å². The number of unbranched alkanes of at least 4 members (excludes halogenated alkanes) is 3. The van der Waals surface area contributed by atoms with Crippen LogP contribution in [0.3, 0.4) is 0 Å². The molecule has 0 saturated heterocycles. The van der Waals surface area contributed by atoms with E-state index in [0.29, 0.717) is 12.1 Å². The first-order chi connectivity index (χ1) is 9.70. The SMILES string of the molecule is CCCCCCC(NC(C)C)c1nc2c(s1)CCCC2. The van der Waals surface area contributed by atoms with E-state index in [1.807, 2.05) is 11.3 Å². The van der Waals surface area contributed by atoms with Gasteiger partial charge in [-0.3, -0.25) is 0 Å². The molecular weight excluding hydrogens is 264 g/mol. The van der Waals surface area contributed by atoms with Crippen LogP contribution in [0.4, 0.5) is 0 Å². The molecule has 1 N–H and O–H groups in total. The van der Waals surface area contributed by atoms with Gasteiger partial charge in [-0.15, -0.1) is 11.3 Å². The third-order valence-corrected chi connectivity index (χ3v) is 5.31. The van der Waals surface area contributed by atoms with Gasteiger partial charge in [0.05, 0.1) is 11.7 Å². The Kier molecular flexibility index (Phi) is 6.50. The summed E-state index contributed by atoms with van der Waals surface area (Å²) in [6, 6.07) is 1.01. The van der Waals surface area contributed by atoms with Crippen molar-refractivity contribution in [3.63, 3.8) is 0 Å². The van der Waals surface area contributed by atoms with E-state index in [4.69, 9.17) is 4.98 Å². The molecule has 0 amide bonds. The summed E-state index contributed by atoms with van der Waals surface area (Å²) in [6.45, 7) is 6.76. The van der Waals surface area contributed by atoms with E-state index in [9.17, 15) is 0 Å². The lowest BCUT2D eigenvalue weighted by molar-refractivity contribution is 0.431. The average molecular weight is 295 g/mol. The molecule has 0 fully saturated rings. The summed E-state index contributed by atoms with van der Waals surface area (Å²) >= 11 is 1.98. The summed E-state index contributed by atoms with van der Waals surface area (Å²) in [7, 11) is 0. The Morgan fingerprint density at radius 1 is 1.15 bits per heavy atom. The fourth-order valence-corrected chi connectivity index (χ4v) is 4.23. The minimum Gasteiger partial charge on any atom is -0.306 e. The predicted octanol–water partition coefficient (Wildman–Crippen LogP) is 5.03. The Hall–Kier alpha value is -0.410. The maximum atomic E-state index is 4.96. The van der Waals surface area contributed by atoms with Crippen molar-refractivity contribution in [2.75, 3.05) is 0 Å². The van der Waals surface area contributed by atoms with E-state index < -0.39 is 0 Å². The largest absolute Gasteiger partial charge is 0.306 e. The third kappa shape index (κ3) is 4.56. The molecule has 1 aliphatic rings. The van der Waals surface area contributed by atoms with Crippen LogP contribution in [0, 0.1) is 0 Å². The second-order valence-corrected chi connectivity index (χ2v) is 7.47. The molecule has 2 nitrogen and oxygen atoms in total. The van der Waals surface area contributed by atoms with Crippen LogP contribution < -0.4 is 5.32 Å². The summed E-state index contributed by atoms with van der Waals surface area (Å²) in [5, 5.41) is 5.08. The lowest BCUT2D eigenvalue weighted by atomic mass is 10.0. The molecule has 0 bridgehead atoms. The number of hydrogen-bond donors (Lipinski definition) is 1. The molecule has 0 aliphatic heterocycles. The number of thiazole rings is 1. The van der Waals surface area contributed by atoms with Crippen molar-refractivity contribution < 1.29 is 0 Å². The van der Waals surface area contributed by atoms with E-state index in [0.717, 1.165) is 0 Å². The van der Waals surface area contributed by atoms with E-state index in [1.165, 1.54) is 68.5 Å². The van der Waals surface area contributed by atoms with Crippen molar-refractivity contribution in [2.45, 2.75) is 90.6 Å². The molecule has 1 aromatic heterocycles. The predicted molar refractivity (Wildman–Crippen MR) is 88.5 cm³/mol. The molecule has 1 heterocycles.